The Morgan fingerprint density at radius 3 is 2.72 bits per heavy atom. The van der Waals surface area contributed by atoms with Crippen LogP contribution in [0.2, 0.25) is 5.02 Å². The minimum absolute atomic E-state index is 0.0761. The highest BCUT2D eigenvalue weighted by atomic mass is 35.5. The molecule has 1 atom stereocenters. The summed E-state index contributed by atoms with van der Waals surface area (Å²) in [6.07, 6.45) is -0.844. The zero-order valence-electron chi connectivity index (χ0n) is 14.2. The molecule has 0 heterocycles. The number of ether oxygens (including phenoxy) is 3. The van der Waals surface area contributed by atoms with Crippen molar-refractivity contribution in [1.29, 1.82) is 5.26 Å². The summed E-state index contributed by atoms with van der Waals surface area (Å²) in [4.78, 5) is 12.3. The Morgan fingerprint density at radius 1 is 1.32 bits per heavy atom. The molecule has 25 heavy (non-hydrogen) atoms. The van der Waals surface area contributed by atoms with Gasteiger partial charge in [-0.3, -0.25) is 0 Å². The van der Waals surface area contributed by atoms with Gasteiger partial charge in [0.25, 0.3) is 0 Å². The lowest BCUT2D eigenvalue weighted by Gasteiger charge is -2.16. The van der Waals surface area contributed by atoms with E-state index in [1.807, 2.05) is 31.2 Å². The molecule has 0 radical (unpaired) electrons. The molecule has 2 aromatic carbocycles. The quantitative estimate of drug-likeness (QED) is 0.568. The van der Waals surface area contributed by atoms with Gasteiger partial charge in [-0.05, 0) is 44.5 Å². The number of nitrogens with zero attached hydrogens (tertiary/aromatic N) is 1. The summed E-state index contributed by atoms with van der Waals surface area (Å²) in [5.74, 6) is 0.268. The zero-order chi connectivity index (χ0) is 18.4. The van der Waals surface area contributed by atoms with Crippen LogP contribution < -0.4 is 14.2 Å². The van der Waals surface area contributed by atoms with Gasteiger partial charge in [-0.25, -0.2) is 4.79 Å². The third kappa shape index (κ3) is 4.88. The van der Waals surface area contributed by atoms with Gasteiger partial charge in [0.1, 0.15) is 5.75 Å². The predicted molar refractivity (Wildman–Crippen MR) is 94.2 cm³/mol. The van der Waals surface area contributed by atoms with Gasteiger partial charge < -0.3 is 14.2 Å². The number of hydrogen-bond donors (Lipinski definition) is 0. The summed E-state index contributed by atoms with van der Waals surface area (Å²) >= 11 is 6.13. The van der Waals surface area contributed by atoms with Gasteiger partial charge in [0.2, 0.25) is 0 Å². The summed E-state index contributed by atoms with van der Waals surface area (Å²) in [6.45, 7) is 5.64. The molecule has 2 aromatic rings. The molecule has 0 aliphatic carbocycles. The topological polar surface area (TPSA) is 68.5 Å². The van der Waals surface area contributed by atoms with E-state index < -0.39 is 12.1 Å². The van der Waals surface area contributed by atoms with Crippen LogP contribution in [0.3, 0.4) is 0 Å². The Hall–Kier alpha value is -2.71. The maximum absolute atomic E-state index is 12.3. The van der Waals surface area contributed by atoms with E-state index >= 15 is 0 Å². The van der Waals surface area contributed by atoms with Crippen molar-refractivity contribution < 1.29 is 19.0 Å². The molecule has 130 valence electrons. The Bertz CT molecular complexity index is 814. The lowest BCUT2D eigenvalue weighted by atomic mass is 10.2. The highest BCUT2D eigenvalue weighted by Gasteiger charge is 2.22. The van der Waals surface area contributed by atoms with E-state index in [0.717, 1.165) is 5.56 Å². The number of nitriles is 1. The van der Waals surface area contributed by atoms with Crippen molar-refractivity contribution in [3.63, 3.8) is 0 Å². The smallest absolute Gasteiger partial charge is 0.352 e. The molecule has 0 spiro atoms. The number of aryl methyl sites for hydroxylation is 1. The molecule has 6 heteroatoms. The molecule has 1 unspecified atom stereocenters. The van der Waals surface area contributed by atoms with E-state index in [1.54, 1.807) is 19.9 Å². The van der Waals surface area contributed by atoms with Crippen molar-refractivity contribution in [2.24, 2.45) is 0 Å². The molecule has 0 bridgehead atoms. The van der Waals surface area contributed by atoms with Gasteiger partial charge in [0, 0.05) is 6.07 Å². The van der Waals surface area contributed by atoms with Crippen LogP contribution in [0.15, 0.2) is 36.4 Å². The molecule has 0 N–H and O–H groups in total. The standard InChI is InChI=1S/C19H18ClNO4/c1-4-23-17-10-14(11-21)9-16(20)18(17)25-19(22)13(3)24-15-7-5-6-12(2)8-15/h5-10,13H,4H2,1-3H3. The summed E-state index contributed by atoms with van der Waals surface area (Å²) in [6, 6.07) is 12.2. The van der Waals surface area contributed by atoms with Gasteiger partial charge in [0.15, 0.2) is 17.6 Å². The molecule has 0 aliphatic heterocycles. The van der Waals surface area contributed by atoms with Gasteiger partial charge in [-0.1, -0.05) is 23.7 Å². The Labute approximate surface area is 151 Å². The lowest BCUT2D eigenvalue weighted by Crippen LogP contribution is -2.28. The number of esters is 1. The molecule has 0 aliphatic rings. The third-order valence-corrected chi connectivity index (χ3v) is 3.56. The van der Waals surface area contributed by atoms with Crippen molar-refractivity contribution in [2.75, 3.05) is 6.61 Å². The van der Waals surface area contributed by atoms with Crippen LogP contribution in [-0.2, 0) is 4.79 Å². The van der Waals surface area contributed by atoms with E-state index in [1.165, 1.54) is 12.1 Å². The number of hydrogen-bond acceptors (Lipinski definition) is 5. The number of carbonyl (C=O) groups is 1. The average molecular weight is 360 g/mol. The van der Waals surface area contributed by atoms with E-state index in [9.17, 15) is 4.79 Å². The second kappa shape index (κ2) is 8.41. The van der Waals surface area contributed by atoms with Gasteiger partial charge in [-0.15, -0.1) is 0 Å². The minimum Gasteiger partial charge on any atom is -0.490 e. The minimum atomic E-state index is -0.844. The maximum atomic E-state index is 12.3. The first-order valence-electron chi connectivity index (χ1n) is 7.76. The number of halogens is 1. The fourth-order valence-corrected chi connectivity index (χ4v) is 2.37. The highest BCUT2D eigenvalue weighted by molar-refractivity contribution is 6.32. The summed E-state index contributed by atoms with van der Waals surface area (Å²) in [7, 11) is 0. The predicted octanol–water partition coefficient (Wildman–Crippen LogP) is 4.29. The van der Waals surface area contributed by atoms with Gasteiger partial charge in [0.05, 0.1) is 23.3 Å². The van der Waals surface area contributed by atoms with E-state index in [4.69, 9.17) is 31.1 Å². The molecule has 0 amide bonds. The van der Waals surface area contributed by atoms with Crippen LogP contribution in [0.25, 0.3) is 0 Å². The monoisotopic (exact) mass is 359 g/mol. The summed E-state index contributed by atoms with van der Waals surface area (Å²) in [5, 5.41) is 9.13. The fourth-order valence-electron chi connectivity index (χ4n) is 2.12. The largest absolute Gasteiger partial charge is 0.490 e. The van der Waals surface area contributed by atoms with Crippen LogP contribution in [0.5, 0.6) is 17.2 Å². The Morgan fingerprint density at radius 2 is 2.08 bits per heavy atom. The van der Waals surface area contributed by atoms with Crippen LogP contribution in [-0.4, -0.2) is 18.7 Å². The van der Waals surface area contributed by atoms with Crippen molar-refractivity contribution in [3.05, 3.63) is 52.5 Å². The number of rotatable bonds is 6. The Kier molecular flexibility index (Phi) is 6.26. The van der Waals surface area contributed by atoms with Crippen molar-refractivity contribution >= 4 is 17.6 Å². The van der Waals surface area contributed by atoms with Crippen LogP contribution in [0.1, 0.15) is 25.0 Å². The van der Waals surface area contributed by atoms with E-state index in [0.29, 0.717) is 17.9 Å². The first-order valence-corrected chi connectivity index (χ1v) is 8.13. The zero-order valence-corrected chi connectivity index (χ0v) is 15.0. The third-order valence-electron chi connectivity index (χ3n) is 3.28. The molecule has 0 saturated carbocycles. The van der Waals surface area contributed by atoms with E-state index in [2.05, 4.69) is 0 Å². The molecule has 0 aromatic heterocycles. The van der Waals surface area contributed by atoms with Crippen LogP contribution >= 0.6 is 11.6 Å². The first-order chi connectivity index (χ1) is 11.9. The summed E-state index contributed by atoms with van der Waals surface area (Å²) < 4.78 is 16.4. The van der Waals surface area contributed by atoms with Gasteiger partial charge >= 0.3 is 5.97 Å². The van der Waals surface area contributed by atoms with Crippen LogP contribution in [0.4, 0.5) is 0 Å². The number of carbonyl (C=O) groups excluding carboxylic acids is 1. The normalized spacial score (nSPS) is 11.3. The SMILES string of the molecule is CCOc1cc(C#N)cc(Cl)c1OC(=O)C(C)Oc1cccc(C)c1. The average Bonchev–Trinajstić information content (AvgIpc) is 2.57. The van der Waals surface area contributed by atoms with Crippen LogP contribution in [0, 0.1) is 18.3 Å². The van der Waals surface area contributed by atoms with E-state index in [-0.39, 0.29) is 16.5 Å². The molecule has 5 nitrogen and oxygen atoms in total. The lowest BCUT2D eigenvalue weighted by molar-refractivity contribution is -0.141. The fraction of sp³-hybridized carbons (Fsp3) is 0.263. The summed E-state index contributed by atoms with van der Waals surface area (Å²) in [5.41, 5.74) is 1.34. The van der Waals surface area contributed by atoms with Gasteiger partial charge in [-0.2, -0.15) is 5.26 Å². The molecular formula is C19H18ClNO4. The highest BCUT2D eigenvalue weighted by Crippen LogP contribution is 2.37. The maximum Gasteiger partial charge on any atom is 0.352 e. The molecule has 2 rings (SSSR count). The second-order valence-corrected chi connectivity index (χ2v) is 5.74. The van der Waals surface area contributed by atoms with Crippen molar-refractivity contribution in [3.8, 4) is 23.3 Å². The molecule has 0 saturated heterocycles. The van der Waals surface area contributed by atoms with Crippen molar-refractivity contribution in [1.82, 2.24) is 0 Å². The van der Waals surface area contributed by atoms with Crippen molar-refractivity contribution in [2.45, 2.75) is 26.9 Å². The first kappa shape index (κ1) is 18.6. The molecular weight excluding hydrogens is 342 g/mol. The second-order valence-electron chi connectivity index (χ2n) is 5.33. The Balaban J connectivity index is 2.17. The molecule has 0 fully saturated rings. The number of benzene rings is 2.